The summed E-state index contributed by atoms with van der Waals surface area (Å²) in [5.74, 6) is 0.102. The molecule has 7 nitrogen and oxygen atoms in total. The molecule has 0 atom stereocenters. The van der Waals surface area contributed by atoms with E-state index in [-0.39, 0.29) is 10.8 Å². The quantitative estimate of drug-likeness (QED) is 0.215. The van der Waals surface area contributed by atoms with Gasteiger partial charge in [0, 0.05) is 16.6 Å². The largest absolute Gasteiger partial charge is 0.493 e. The first-order valence-electron chi connectivity index (χ1n) is 9.20. The number of nitrogens with zero attached hydrogens (tertiary/aromatic N) is 1. The Kier molecular flexibility index (Phi) is 9.01. The lowest BCUT2D eigenvalue weighted by atomic mass is 10.2. The van der Waals surface area contributed by atoms with Crippen molar-refractivity contribution >= 4 is 50.5 Å². The van der Waals surface area contributed by atoms with Crippen LogP contribution in [0.3, 0.4) is 0 Å². The van der Waals surface area contributed by atoms with Crippen molar-refractivity contribution in [3.8, 4) is 5.75 Å². The van der Waals surface area contributed by atoms with E-state index in [1.165, 1.54) is 18.2 Å². The maximum atomic E-state index is 12.6. The van der Waals surface area contributed by atoms with Crippen LogP contribution in [0.2, 0.25) is 0 Å². The molecule has 0 aromatic heterocycles. The second-order valence-corrected chi connectivity index (χ2v) is 7.50. The van der Waals surface area contributed by atoms with Crippen LogP contribution >= 0.6 is 28.1 Å². The molecule has 0 aliphatic rings. The Balaban J connectivity index is 1.97. The first-order valence-corrected chi connectivity index (χ1v) is 10.4. The van der Waals surface area contributed by atoms with Crippen LogP contribution in [0.5, 0.6) is 5.75 Å². The Morgan fingerprint density at radius 2 is 1.97 bits per heavy atom. The zero-order valence-electron chi connectivity index (χ0n) is 15.9. The number of nitro groups is 1. The van der Waals surface area contributed by atoms with Crippen LogP contribution in [0.4, 0.5) is 11.4 Å². The van der Waals surface area contributed by atoms with Gasteiger partial charge in [0.2, 0.25) is 0 Å². The number of thiocarbonyl (C=S) groups is 1. The third-order valence-electron chi connectivity index (χ3n) is 4.03. The van der Waals surface area contributed by atoms with E-state index in [1.54, 1.807) is 18.2 Å². The summed E-state index contributed by atoms with van der Waals surface area (Å²) in [4.78, 5) is 22.9. The number of carbonyl (C=O) groups is 1. The summed E-state index contributed by atoms with van der Waals surface area (Å²) >= 11 is 8.45. The molecule has 9 heteroatoms. The van der Waals surface area contributed by atoms with Gasteiger partial charge in [-0.15, -0.1) is 0 Å². The van der Waals surface area contributed by atoms with Crippen LogP contribution in [-0.2, 0) is 0 Å². The van der Waals surface area contributed by atoms with Crippen molar-refractivity contribution < 1.29 is 14.5 Å². The minimum Gasteiger partial charge on any atom is -0.493 e. The maximum Gasteiger partial charge on any atom is 0.270 e. The van der Waals surface area contributed by atoms with Crippen molar-refractivity contribution in [1.82, 2.24) is 5.32 Å². The second kappa shape index (κ2) is 11.5. The van der Waals surface area contributed by atoms with Crippen molar-refractivity contribution in [3.63, 3.8) is 0 Å². The number of rotatable bonds is 9. The van der Waals surface area contributed by atoms with Gasteiger partial charge in [0.05, 0.1) is 22.8 Å². The number of para-hydroxylation sites is 1. The summed E-state index contributed by atoms with van der Waals surface area (Å²) in [6.45, 7) is 2.69. The molecule has 2 rings (SSSR count). The molecule has 2 N–H and O–H groups in total. The Bertz CT molecular complexity index is 892. The fraction of sp³-hybridized carbons (Fsp3) is 0.300. The number of nitrogens with one attached hydrogen (secondary N) is 2. The highest BCUT2D eigenvalue weighted by Gasteiger charge is 2.15. The molecular weight excluding hydrogens is 458 g/mol. The molecule has 0 radical (unpaired) electrons. The van der Waals surface area contributed by atoms with Crippen LogP contribution in [0.15, 0.2) is 46.9 Å². The standard InChI is InChI=1S/C20H22BrN3O4S/c1-2-3-4-7-12-28-18-9-6-5-8-15(18)19(25)23-20(29)22-17-11-10-14(24(26)27)13-16(17)21/h5-6,8-11,13H,2-4,7,12H2,1H3,(H2,22,23,25,29). The van der Waals surface area contributed by atoms with Crippen LogP contribution in [0, 0.1) is 10.1 Å². The highest BCUT2D eigenvalue weighted by molar-refractivity contribution is 9.10. The average molecular weight is 480 g/mol. The lowest BCUT2D eigenvalue weighted by Gasteiger charge is -2.13. The number of hydrogen-bond donors (Lipinski definition) is 2. The normalized spacial score (nSPS) is 10.3. The number of halogens is 1. The van der Waals surface area contributed by atoms with E-state index >= 15 is 0 Å². The van der Waals surface area contributed by atoms with Crippen molar-refractivity contribution in [2.75, 3.05) is 11.9 Å². The van der Waals surface area contributed by atoms with Crippen molar-refractivity contribution in [2.45, 2.75) is 32.6 Å². The number of carbonyl (C=O) groups excluding carboxylic acids is 1. The molecule has 0 fully saturated rings. The molecule has 154 valence electrons. The summed E-state index contributed by atoms with van der Waals surface area (Å²) in [5.41, 5.74) is 0.832. The number of non-ortho nitro benzene ring substituents is 1. The maximum absolute atomic E-state index is 12.6. The topological polar surface area (TPSA) is 93.5 Å². The van der Waals surface area contributed by atoms with Gasteiger partial charge in [0.25, 0.3) is 11.6 Å². The third kappa shape index (κ3) is 7.10. The predicted octanol–water partition coefficient (Wildman–Crippen LogP) is 5.44. The summed E-state index contributed by atoms with van der Waals surface area (Å²) < 4.78 is 6.22. The van der Waals surface area contributed by atoms with Gasteiger partial charge in [-0.05, 0) is 52.8 Å². The Morgan fingerprint density at radius 3 is 2.66 bits per heavy atom. The van der Waals surface area contributed by atoms with Gasteiger partial charge in [-0.25, -0.2) is 0 Å². The van der Waals surface area contributed by atoms with E-state index in [0.29, 0.717) is 28.1 Å². The van der Waals surface area contributed by atoms with Gasteiger partial charge < -0.3 is 10.1 Å². The molecule has 2 aromatic carbocycles. The number of benzene rings is 2. The van der Waals surface area contributed by atoms with Crippen LogP contribution in [0.25, 0.3) is 0 Å². The number of ether oxygens (including phenoxy) is 1. The summed E-state index contributed by atoms with van der Waals surface area (Å²) in [6, 6.07) is 11.2. The highest BCUT2D eigenvalue weighted by atomic mass is 79.9. The molecule has 0 bridgehead atoms. The number of amides is 1. The fourth-order valence-corrected chi connectivity index (χ4v) is 3.20. The molecule has 29 heavy (non-hydrogen) atoms. The molecule has 0 heterocycles. The van der Waals surface area contributed by atoms with Gasteiger partial charge in [-0.3, -0.25) is 20.2 Å². The van der Waals surface area contributed by atoms with Crippen molar-refractivity contribution in [1.29, 1.82) is 0 Å². The SMILES string of the molecule is CCCCCCOc1ccccc1C(=O)NC(=S)Nc1ccc([N+](=O)[O-])cc1Br. The van der Waals surface area contributed by atoms with E-state index in [0.717, 1.165) is 25.7 Å². The molecule has 1 amide bonds. The van der Waals surface area contributed by atoms with Crippen molar-refractivity contribution in [2.24, 2.45) is 0 Å². The first kappa shape index (κ1) is 22.8. The van der Waals surface area contributed by atoms with Gasteiger partial charge >= 0.3 is 0 Å². The number of anilines is 1. The fourth-order valence-electron chi connectivity index (χ4n) is 2.53. The third-order valence-corrected chi connectivity index (χ3v) is 4.89. The summed E-state index contributed by atoms with van der Waals surface area (Å²) in [6.07, 6.45) is 4.32. The van der Waals surface area contributed by atoms with Gasteiger partial charge in [0.15, 0.2) is 5.11 Å². The van der Waals surface area contributed by atoms with E-state index in [9.17, 15) is 14.9 Å². The van der Waals surface area contributed by atoms with Crippen LogP contribution < -0.4 is 15.4 Å². The van der Waals surface area contributed by atoms with Gasteiger partial charge in [0.1, 0.15) is 5.75 Å². The lowest BCUT2D eigenvalue weighted by Crippen LogP contribution is -2.34. The molecule has 0 unspecified atom stereocenters. The molecular formula is C20H22BrN3O4S. The minimum absolute atomic E-state index is 0.0533. The van der Waals surface area contributed by atoms with E-state index < -0.39 is 10.8 Å². The van der Waals surface area contributed by atoms with Gasteiger partial charge in [-0.2, -0.15) is 0 Å². The van der Waals surface area contributed by atoms with E-state index in [4.69, 9.17) is 17.0 Å². The zero-order valence-corrected chi connectivity index (χ0v) is 18.3. The Morgan fingerprint density at radius 1 is 1.21 bits per heavy atom. The summed E-state index contributed by atoms with van der Waals surface area (Å²) in [5, 5.41) is 16.3. The second-order valence-electron chi connectivity index (χ2n) is 6.23. The van der Waals surface area contributed by atoms with Crippen LogP contribution in [0.1, 0.15) is 43.0 Å². The molecule has 0 saturated carbocycles. The molecule has 0 aliphatic carbocycles. The molecule has 0 saturated heterocycles. The van der Waals surface area contributed by atoms with Crippen molar-refractivity contribution in [3.05, 3.63) is 62.6 Å². The molecule has 0 spiro atoms. The van der Waals surface area contributed by atoms with E-state index in [2.05, 4.69) is 33.5 Å². The summed E-state index contributed by atoms with van der Waals surface area (Å²) in [7, 11) is 0. The van der Waals surface area contributed by atoms with Gasteiger partial charge in [-0.1, -0.05) is 38.3 Å². The number of nitro benzene ring substituents is 1. The number of hydrogen-bond acceptors (Lipinski definition) is 5. The molecule has 2 aromatic rings. The van der Waals surface area contributed by atoms with Crippen LogP contribution in [-0.4, -0.2) is 22.5 Å². The monoisotopic (exact) mass is 479 g/mol. The zero-order chi connectivity index (χ0) is 21.2. The Hall–Kier alpha value is -2.52. The lowest BCUT2D eigenvalue weighted by molar-refractivity contribution is -0.384. The van der Waals surface area contributed by atoms with E-state index in [1.807, 2.05) is 6.07 Å². The Labute approximate surface area is 183 Å². The smallest absolute Gasteiger partial charge is 0.270 e. The average Bonchev–Trinajstić information content (AvgIpc) is 2.69. The predicted molar refractivity (Wildman–Crippen MR) is 121 cm³/mol. The minimum atomic E-state index is -0.492. The molecule has 0 aliphatic heterocycles. The number of unbranched alkanes of at least 4 members (excludes halogenated alkanes) is 3. The highest BCUT2D eigenvalue weighted by Crippen LogP contribution is 2.27. The first-order chi connectivity index (χ1) is 13.9.